The predicted molar refractivity (Wildman–Crippen MR) is 58.7 cm³/mol. The molecule has 0 saturated heterocycles. The van der Waals surface area contributed by atoms with Crippen LogP contribution in [0.5, 0.6) is 0 Å². The summed E-state index contributed by atoms with van der Waals surface area (Å²) >= 11 is 0. The van der Waals surface area contributed by atoms with Crippen molar-refractivity contribution in [3.8, 4) is 0 Å². The van der Waals surface area contributed by atoms with Gasteiger partial charge in [0.1, 0.15) is 0 Å². The van der Waals surface area contributed by atoms with Crippen LogP contribution in [-0.4, -0.2) is 35.9 Å². The fraction of sp³-hybridized carbons (Fsp3) is 0.400. The molecule has 0 atom stereocenters. The first-order valence-corrected chi connectivity index (χ1v) is 5.25. The highest BCUT2D eigenvalue weighted by Crippen LogP contribution is 2.09. The van der Waals surface area contributed by atoms with Gasteiger partial charge in [-0.25, -0.2) is 9.48 Å². The topological polar surface area (TPSA) is 85.8 Å². The highest BCUT2D eigenvalue weighted by Gasteiger charge is 2.17. The Bertz CT molecular complexity index is 543. The molecule has 90 valence electrons. The lowest BCUT2D eigenvalue weighted by Crippen LogP contribution is -2.08. The van der Waals surface area contributed by atoms with Gasteiger partial charge in [0.2, 0.25) is 0 Å². The third kappa shape index (κ3) is 2.17. The summed E-state index contributed by atoms with van der Waals surface area (Å²) in [6.07, 6.45) is 4.16. The zero-order chi connectivity index (χ0) is 12.4. The summed E-state index contributed by atoms with van der Waals surface area (Å²) < 4.78 is 3.29. The quantitative estimate of drug-likeness (QED) is 0.824. The van der Waals surface area contributed by atoms with E-state index in [1.54, 1.807) is 15.6 Å². The molecule has 7 nitrogen and oxygen atoms in total. The smallest absolute Gasteiger partial charge is 0.358 e. The molecule has 0 radical (unpaired) electrons. The van der Waals surface area contributed by atoms with Gasteiger partial charge in [-0.3, -0.25) is 4.68 Å². The van der Waals surface area contributed by atoms with Crippen molar-refractivity contribution in [3.05, 3.63) is 29.3 Å². The highest BCUT2D eigenvalue weighted by atomic mass is 16.4. The zero-order valence-electron chi connectivity index (χ0n) is 9.66. The molecule has 1 N–H and O–H groups in total. The Labute approximate surface area is 97.7 Å². The molecule has 0 unspecified atom stereocenters. The van der Waals surface area contributed by atoms with Crippen LogP contribution in [0.4, 0.5) is 0 Å². The normalized spacial score (nSPS) is 10.7. The van der Waals surface area contributed by atoms with Gasteiger partial charge >= 0.3 is 5.97 Å². The van der Waals surface area contributed by atoms with Gasteiger partial charge in [-0.2, -0.15) is 5.10 Å². The number of aromatic carboxylic acids is 1. The van der Waals surface area contributed by atoms with E-state index in [1.165, 1.54) is 0 Å². The van der Waals surface area contributed by atoms with E-state index in [-0.39, 0.29) is 5.69 Å². The fourth-order valence-electron chi connectivity index (χ4n) is 1.70. The van der Waals surface area contributed by atoms with E-state index in [0.29, 0.717) is 18.7 Å². The minimum Gasteiger partial charge on any atom is -0.476 e. The number of aromatic nitrogens is 5. The molecule has 0 aromatic carbocycles. The Morgan fingerprint density at radius 3 is 2.82 bits per heavy atom. The van der Waals surface area contributed by atoms with E-state index < -0.39 is 5.97 Å². The van der Waals surface area contributed by atoms with Crippen molar-refractivity contribution >= 4 is 5.97 Å². The molecule has 2 aromatic rings. The van der Waals surface area contributed by atoms with Gasteiger partial charge in [-0.05, 0) is 6.42 Å². The maximum Gasteiger partial charge on any atom is 0.358 e. The number of hydrogen-bond acceptors (Lipinski definition) is 4. The molecule has 0 spiro atoms. The molecule has 0 aliphatic rings. The first-order chi connectivity index (χ1) is 8.11. The molecule has 2 aromatic heterocycles. The van der Waals surface area contributed by atoms with Gasteiger partial charge in [0.25, 0.3) is 0 Å². The minimum absolute atomic E-state index is 0.0244. The van der Waals surface area contributed by atoms with E-state index in [2.05, 4.69) is 15.4 Å². The lowest BCUT2D eigenvalue weighted by Gasteiger charge is -2.02. The summed E-state index contributed by atoms with van der Waals surface area (Å²) in [6.45, 7) is 2.36. The third-order valence-electron chi connectivity index (χ3n) is 2.47. The van der Waals surface area contributed by atoms with Crippen LogP contribution in [-0.2, 0) is 20.0 Å². The molecule has 0 aliphatic heterocycles. The van der Waals surface area contributed by atoms with Crippen LogP contribution in [0.2, 0.25) is 0 Å². The number of carboxylic acid groups (broad SMARTS) is 1. The van der Waals surface area contributed by atoms with Crippen molar-refractivity contribution in [1.82, 2.24) is 24.8 Å². The molecule has 0 bridgehead atoms. The van der Waals surface area contributed by atoms with Gasteiger partial charge in [0.05, 0.1) is 18.4 Å². The Balaban J connectivity index is 2.30. The van der Waals surface area contributed by atoms with Crippen molar-refractivity contribution in [2.75, 3.05) is 0 Å². The van der Waals surface area contributed by atoms with Gasteiger partial charge in [-0.15, -0.1) is 5.10 Å². The van der Waals surface area contributed by atoms with E-state index in [4.69, 9.17) is 5.11 Å². The van der Waals surface area contributed by atoms with Crippen molar-refractivity contribution in [2.45, 2.75) is 19.9 Å². The van der Waals surface area contributed by atoms with Crippen LogP contribution in [0, 0.1) is 0 Å². The molecule has 0 amide bonds. The Hall–Kier alpha value is -2.18. The molecule has 7 heteroatoms. The number of nitrogens with zero attached hydrogens (tertiary/aromatic N) is 5. The van der Waals surface area contributed by atoms with E-state index in [1.807, 2.05) is 20.2 Å². The second-order valence-corrected chi connectivity index (χ2v) is 3.72. The van der Waals surface area contributed by atoms with Crippen molar-refractivity contribution in [3.63, 3.8) is 0 Å². The number of aryl methyl sites for hydroxylation is 1. The zero-order valence-corrected chi connectivity index (χ0v) is 9.66. The minimum atomic E-state index is -1.04. The van der Waals surface area contributed by atoms with Crippen LogP contribution in [0.1, 0.15) is 28.7 Å². The first-order valence-electron chi connectivity index (χ1n) is 5.25. The lowest BCUT2D eigenvalue weighted by molar-refractivity contribution is 0.0689. The van der Waals surface area contributed by atoms with Gasteiger partial charge in [0, 0.05) is 18.8 Å². The second kappa shape index (κ2) is 4.36. The fourth-order valence-corrected chi connectivity index (χ4v) is 1.70. The molecule has 17 heavy (non-hydrogen) atoms. The maximum absolute atomic E-state index is 10.9. The SMILES string of the molecule is CCc1c(C(=O)O)nnn1Cc1cnn(C)c1. The van der Waals surface area contributed by atoms with Crippen LogP contribution < -0.4 is 0 Å². The average Bonchev–Trinajstić information content (AvgIpc) is 2.85. The number of carboxylic acids is 1. The van der Waals surface area contributed by atoms with Crippen molar-refractivity contribution < 1.29 is 9.90 Å². The standard InChI is InChI=1S/C10H13N5O2/c1-3-8-9(10(16)17)12-13-15(8)6-7-4-11-14(2)5-7/h4-5H,3,6H2,1-2H3,(H,16,17). The molecular formula is C10H13N5O2. The lowest BCUT2D eigenvalue weighted by atomic mass is 10.2. The molecule has 0 aliphatic carbocycles. The summed E-state index contributed by atoms with van der Waals surface area (Å²) in [7, 11) is 1.83. The number of hydrogen-bond donors (Lipinski definition) is 1. The van der Waals surface area contributed by atoms with E-state index in [0.717, 1.165) is 5.56 Å². The monoisotopic (exact) mass is 235 g/mol. The Kier molecular flexibility index (Phi) is 2.90. The second-order valence-electron chi connectivity index (χ2n) is 3.72. The van der Waals surface area contributed by atoms with Gasteiger partial charge in [0.15, 0.2) is 5.69 Å². The van der Waals surface area contributed by atoms with Crippen LogP contribution in [0.25, 0.3) is 0 Å². The van der Waals surface area contributed by atoms with Crippen LogP contribution in [0.15, 0.2) is 12.4 Å². The maximum atomic E-state index is 10.9. The van der Waals surface area contributed by atoms with Crippen molar-refractivity contribution in [2.24, 2.45) is 7.05 Å². The Morgan fingerprint density at radius 2 is 2.29 bits per heavy atom. The highest BCUT2D eigenvalue weighted by molar-refractivity contribution is 5.86. The summed E-state index contributed by atoms with van der Waals surface area (Å²) in [5, 5.41) is 20.5. The van der Waals surface area contributed by atoms with E-state index in [9.17, 15) is 4.79 Å². The van der Waals surface area contributed by atoms with Crippen LogP contribution >= 0.6 is 0 Å². The molecule has 2 rings (SSSR count). The predicted octanol–water partition coefficient (Wildman–Crippen LogP) is 0.320. The molecule has 2 heterocycles. The largest absolute Gasteiger partial charge is 0.476 e. The summed E-state index contributed by atoms with van der Waals surface area (Å²) in [4.78, 5) is 10.9. The van der Waals surface area contributed by atoms with Crippen LogP contribution in [0.3, 0.4) is 0 Å². The molecule has 0 saturated carbocycles. The van der Waals surface area contributed by atoms with Gasteiger partial charge < -0.3 is 5.11 Å². The number of carbonyl (C=O) groups is 1. The molecular weight excluding hydrogens is 222 g/mol. The number of rotatable bonds is 4. The summed E-state index contributed by atoms with van der Waals surface area (Å²) in [5.41, 5.74) is 1.61. The first kappa shape index (κ1) is 11.3. The summed E-state index contributed by atoms with van der Waals surface area (Å²) in [6, 6.07) is 0. The van der Waals surface area contributed by atoms with Gasteiger partial charge in [-0.1, -0.05) is 12.1 Å². The third-order valence-corrected chi connectivity index (χ3v) is 2.47. The Morgan fingerprint density at radius 1 is 1.53 bits per heavy atom. The summed E-state index contributed by atoms with van der Waals surface area (Å²) in [5.74, 6) is -1.04. The van der Waals surface area contributed by atoms with E-state index >= 15 is 0 Å². The molecule has 0 fully saturated rings. The van der Waals surface area contributed by atoms with Crippen molar-refractivity contribution in [1.29, 1.82) is 0 Å². The average molecular weight is 235 g/mol.